The summed E-state index contributed by atoms with van der Waals surface area (Å²) in [6.07, 6.45) is -2.95. The zero-order chi connectivity index (χ0) is 10.0. The van der Waals surface area contributed by atoms with Crippen LogP contribution >= 0.6 is 0 Å². The Morgan fingerprint density at radius 3 is 2.38 bits per heavy atom. The minimum absolute atomic E-state index is 0.680. The Balaban J connectivity index is 2.61. The smallest absolute Gasteiger partial charge is 0.322 e. The molecule has 0 aromatic carbocycles. The van der Waals surface area contributed by atoms with E-state index in [1.165, 1.54) is 0 Å². The first-order chi connectivity index (χ1) is 6.06. The van der Waals surface area contributed by atoms with E-state index in [1.54, 1.807) is 0 Å². The zero-order valence-corrected chi connectivity index (χ0v) is 6.60. The van der Waals surface area contributed by atoms with Gasteiger partial charge in [-0.15, -0.1) is 0 Å². The molecule has 1 fully saturated rings. The van der Waals surface area contributed by atoms with Crippen LogP contribution in [0.5, 0.6) is 0 Å². The molecule has 7 nitrogen and oxygen atoms in total. The number of carbonyl (C=O) groups excluding carboxylic acids is 2. The lowest BCUT2D eigenvalue weighted by Gasteiger charge is -2.19. The Morgan fingerprint density at radius 1 is 1.38 bits per heavy atom. The number of hydrogen-bond donors (Lipinski definition) is 5. The predicted molar refractivity (Wildman–Crippen MR) is 39.6 cm³/mol. The maximum Gasteiger partial charge on any atom is 0.322 e. The number of carbonyl (C=O) groups is 2. The van der Waals surface area contributed by atoms with Gasteiger partial charge in [-0.2, -0.15) is 0 Å². The number of amides is 3. The van der Waals surface area contributed by atoms with Crippen molar-refractivity contribution < 1.29 is 24.9 Å². The van der Waals surface area contributed by atoms with Gasteiger partial charge < -0.3 is 20.6 Å². The summed E-state index contributed by atoms with van der Waals surface area (Å²) in [5, 5.41) is 30.6. The maximum atomic E-state index is 10.9. The second-order valence-corrected chi connectivity index (χ2v) is 2.68. The second kappa shape index (κ2) is 3.69. The summed E-state index contributed by atoms with van der Waals surface area (Å²) in [5.74, 6) is -0.718. The number of aliphatic hydroxyl groups excluding tert-OH is 3. The van der Waals surface area contributed by atoms with Crippen LogP contribution in [0.3, 0.4) is 0 Å². The highest BCUT2D eigenvalue weighted by molar-refractivity contribution is 6.04. The Labute approximate surface area is 73.4 Å². The topological polar surface area (TPSA) is 119 Å². The predicted octanol–water partition coefficient (Wildman–Crippen LogP) is -3.09. The van der Waals surface area contributed by atoms with Crippen LogP contribution in [0.2, 0.25) is 0 Å². The van der Waals surface area contributed by atoms with Gasteiger partial charge in [0.05, 0.1) is 6.61 Å². The van der Waals surface area contributed by atoms with Gasteiger partial charge in [0.2, 0.25) is 0 Å². The molecular weight excluding hydrogens is 180 g/mol. The molecular formula is C6H10N2O5. The van der Waals surface area contributed by atoms with Gasteiger partial charge in [0, 0.05) is 0 Å². The Kier molecular flexibility index (Phi) is 2.81. The average molecular weight is 190 g/mol. The summed E-state index contributed by atoms with van der Waals surface area (Å²) in [5.41, 5.74) is 0. The highest BCUT2D eigenvalue weighted by Crippen LogP contribution is 2.04. The van der Waals surface area contributed by atoms with Crippen molar-refractivity contribution in [3.63, 3.8) is 0 Å². The van der Waals surface area contributed by atoms with Crippen molar-refractivity contribution >= 4 is 11.9 Å². The first kappa shape index (κ1) is 9.90. The molecule has 1 heterocycles. The number of imide groups is 1. The third kappa shape index (κ3) is 1.94. The largest absolute Gasteiger partial charge is 0.394 e. The lowest BCUT2D eigenvalue weighted by molar-refractivity contribution is -0.125. The van der Waals surface area contributed by atoms with Gasteiger partial charge in [0.15, 0.2) is 0 Å². The fourth-order valence-electron chi connectivity index (χ4n) is 1.00. The highest BCUT2D eigenvalue weighted by Gasteiger charge is 2.38. The summed E-state index contributed by atoms with van der Waals surface area (Å²) in [6.45, 7) is -0.680. The fourth-order valence-corrected chi connectivity index (χ4v) is 1.00. The fraction of sp³-hybridized carbons (Fsp3) is 0.667. The molecule has 1 aliphatic rings. The monoisotopic (exact) mass is 190 g/mol. The molecule has 13 heavy (non-hydrogen) atoms. The van der Waals surface area contributed by atoms with Gasteiger partial charge in [-0.1, -0.05) is 0 Å². The van der Waals surface area contributed by atoms with Crippen LogP contribution in [-0.2, 0) is 4.79 Å². The zero-order valence-electron chi connectivity index (χ0n) is 6.60. The molecule has 7 heteroatoms. The number of rotatable bonds is 3. The van der Waals surface area contributed by atoms with Crippen LogP contribution in [0.4, 0.5) is 4.79 Å². The molecule has 0 unspecified atom stereocenters. The molecule has 1 rings (SSSR count). The lowest BCUT2D eigenvalue weighted by atomic mass is 10.1. The van der Waals surface area contributed by atoms with E-state index in [2.05, 4.69) is 5.32 Å². The van der Waals surface area contributed by atoms with Crippen molar-refractivity contribution in [3.8, 4) is 0 Å². The van der Waals surface area contributed by atoms with Crippen LogP contribution in [0, 0.1) is 0 Å². The quantitative estimate of drug-likeness (QED) is 0.302. The highest BCUT2D eigenvalue weighted by atomic mass is 16.4. The van der Waals surface area contributed by atoms with Crippen molar-refractivity contribution in [2.45, 2.75) is 18.2 Å². The molecule has 3 amide bonds. The number of hydrogen-bond acceptors (Lipinski definition) is 5. The molecule has 5 N–H and O–H groups in total. The molecule has 0 bridgehead atoms. The Bertz CT molecular complexity index is 231. The van der Waals surface area contributed by atoms with Gasteiger partial charge >= 0.3 is 6.03 Å². The van der Waals surface area contributed by atoms with E-state index >= 15 is 0 Å². The van der Waals surface area contributed by atoms with Crippen molar-refractivity contribution in [2.24, 2.45) is 0 Å². The van der Waals surface area contributed by atoms with Crippen molar-refractivity contribution in [1.29, 1.82) is 0 Å². The summed E-state index contributed by atoms with van der Waals surface area (Å²) in [6, 6.07) is -1.92. The standard InChI is InChI=1S/C6H10N2O5/c9-1-2(10)4(11)3-5(12)8-6(13)7-3/h2-4,9-11H,1H2,(H2,7,8,12,13)/t2-,3-,4-/m1/s1. The molecule has 0 spiro atoms. The number of aliphatic hydroxyl groups is 3. The van der Waals surface area contributed by atoms with Crippen LogP contribution in [-0.4, -0.2) is 52.1 Å². The van der Waals surface area contributed by atoms with Crippen LogP contribution in [0.1, 0.15) is 0 Å². The molecule has 1 saturated heterocycles. The molecule has 0 aliphatic carbocycles. The molecule has 0 radical (unpaired) electrons. The van der Waals surface area contributed by atoms with Gasteiger partial charge in [0.25, 0.3) is 5.91 Å². The van der Waals surface area contributed by atoms with Crippen molar-refractivity contribution in [3.05, 3.63) is 0 Å². The van der Waals surface area contributed by atoms with E-state index in [1.807, 2.05) is 5.32 Å². The minimum Gasteiger partial charge on any atom is -0.394 e. The Hall–Kier alpha value is -1.18. The van der Waals surface area contributed by atoms with E-state index in [-0.39, 0.29) is 0 Å². The third-order valence-electron chi connectivity index (χ3n) is 1.73. The van der Waals surface area contributed by atoms with Crippen molar-refractivity contribution in [2.75, 3.05) is 6.61 Å². The lowest BCUT2D eigenvalue weighted by Crippen LogP contribution is -2.48. The third-order valence-corrected chi connectivity index (χ3v) is 1.73. The Morgan fingerprint density at radius 2 is 2.00 bits per heavy atom. The first-order valence-electron chi connectivity index (χ1n) is 3.64. The van der Waals surface area contributed by atoms with Gasteiger partial charge in [-0.3, -0.25) is 10.1 Å². The normalized spacial score (nSPS) is 26.5. The van der Waals surface area contributed by atoms with E-state index in [9.17, 15) is 14.7 Å². The van der Waals surface area contributed by atoms with Gasteiger partial charge in [-0.25, -0.2) is 4.79 Å². The van der Waals surface area contributed by atoms with Crippen molar-refractivity contribution in [1.82, 2.24) is 10.6 Å². The first-order valence-corrected chi connectivity index (χ1v) is 3.64. The second-order valence-electron chi connectivity index (χ2n) is 2.68. The molecule has 3 atom stereocenters. The van der Waals surface area contributed by atoms with Gasteiger partial charge in [-0.05, 0) is 0 Å². The molecule has 74 valence electrons. The SMILES string of the molecule is O=C1NC(=O)[C@@H]([C@H](O)[C@H](O)CO)N1. The summed E-state index contributed by atoms with van der Waals surface area (Å²) in [7, 11) is 0. The molecule has 1 aliphatic heterocycles. The summed E-state index contributed by atoms with van der Waals surface area (Å²) >= 11 is 0. The summed E-state index contributed by atoms with van der Waals surface area (Å²) in [4.78, 5) is 21.5. The van der Waals surface area contributed by atoms with E-state index in [0.717, 1.165) is 0 Å². The number of urea groups is 1. The molecule has 0 aromatic heterocycles. The van der Waals surface area contributed by atoms with E-state index in [4.69, 9.17) is 10.2 Å². The molecule has 0 saturated carbocycles. The molecule has 0 aromatic rings. The summed E-state index contributed by atoms with van der Waals surface area (Å²) < 4.78 is 0. The average Bonchev–Trinajstić information content (AvgIpc) is 2.42. The maximum absolute atomic E-state index is 10.9. The number of nitrogens with one attached hydrogen (secondary N) is 2. The van der Waals surface area contributed by atoms with Crippen LogP contribution in [0.25, 0.3) is 0 Å². The van der Waals surface area contributed by atoms with Gasteiger partial charge in [0.1, 0.15) is 18.2 Å². The van der Waals surface area contributed by atoms with E-state index in [0.29, 0.717) is 0 Å². The van der Waals surface area contributed by atoms with Crippen LogP contribution in [0.15, 0.2) is 0 Å². The minimum atomic E-state index is -1.50. The van der Waals surface area contributed by atoms with E-state index < -0.39 is 36.8 Å². The van der Waals surface area contributed by atoms with Crippen LogP contribution < -0.4 is 10.6 Å².